The zero-order valence-electron chi connectivity index (χ0n) is 11.5. The molecule has 1 unspecified atom stereocenters. The summed E-state index contributed by atoms with van der Waals surface area (Å²) in [6.45, 7) is 6.29. The molecule has 1 fully saturated rings. The first-order valence-electron chi connectivity index (χ1n) is 7.15. The first-order valence-corrected chi connectivity index (χ1v) is 7.15. The van der Waals surface area contributed by atoms with Crippen LogP contribution in [0.4, 0.5) is 0 Å². The number of carbonyl (C=O) groups excluding carboxylic acids is 1. The second kappa shape index (κ2) is 6.19. The first-order chi connectivity index (χ1) is 8.74. The average molecular weight is 248 g/mol. The Hall–Kier alpha value is -1.09. The van der Waals surface area contributed by atoms with Crippen molar-refractivity contribution in [1.82, 2.24) is 9.88 Å². The molecule has 0 spiro atoms. The van der Waals surface area contributed by atoms with Crippen molar-refractivity contribution in [3.63, 3.8) is 0 Å². The minimum absolute atomic E-state index is 0.144. The Balaban J connectivity index is 2.13. The standard InChI is InChI=1S/C15H24N2O/c1-3-5-12(2)15(18)14-6-4-11-17(14)13-7-9-16-10-8-13/h4,6,11-13,16H,3,5,7-10H2,1-2H3. The van der Waals surface area contributed by atoms with Crippen molar-refractivity contribution in [1.29, 1.82) is 0 Å². The molecule has 1 aromatic rings. The fourth-order valence-electron chi connectivity index (χ4n) is 2.82. The van der Waals surface area contributed by atoms with Crippen LogP contribution in [0.5, 0.6) is 0 Å². The van der Waals surface area contributed by atoms with E-state index in [0.717, 1.165) is 44.5 Å². The number of nitrogens with one attached hydrogen (secondary N) is 1. The summed E-state index contributed by atoms with van der Waals surface area (Å²) in [5.41, 5.74) is 0.905. The van der Waals surface area contributed by atoms with Gasteiger partial charge < -0.3 is 9.88 Å². The summed E-state index contributed by atoms with van der Waals surface area (Å²) < 4.78 is 2.20. The maximum Gasteiger partial charge on any atom is 0.181 e. The van der Waals surface area contributed by atoms with E-state index in [0.29, 0.717) is 11.8 Å². The lowest BCUT2D eigenvalue weighted by Crippen LogP contribution is -2.30. The van der Waals surface area contributed by atoms with Gasteiger partial charge in [0, 0.05) is 18.2 Å². The van der Waals surface area contributed by atoms with Crippen molar-refractivity contribution in [3.8, 4) is 0 Å². The summed E-state index contributed by atoms with van der Waals surface area (Å²) in [7, 11) is 0. The third-order valence-electron chi connectivity index (χ3n) is 3.90. The normalized spacial score (nSPS) is 18.8. The van der Waals surface area contributed by atoms with E-state index in [1.165, 1.54) is 0 Å². The summed E-state index contributed by atoms with van der Waals surface area (Å²) in [6.07, 6.45) is 6.37. The monoisotopic (exact) mass is 248 g/mol. The largest absolute Gasteiger partial charge is 0.342 e. The fourth-order valence-corrected chi connectivity index (χ4v) is 2.82. The molecule has 3 nitrogen and oxygen atoms in total. The van der Waals surface area contributed by atoms with Crippen LogP contribution in [0.3, 0.4) is 0 Å². The summed E-state index contributed by atoms with van der Waals surface area (Å²) in [5.74, 6) is 0.450. The van der Waals surface area contributed by atoms with Gasteiger partial charge in [0.25, 0.3) is 0 Å². The van der Waals surface area contributed by atoms with Crippen molar-refractivity contribution >= 4 is 5.78 Å². The molecule has 1 aromatic heterocycles. The predicted octanol–water partition coefficient (Wildman–Crippen LogP) is 3.03. The molecule has 1 aliphatic heterocycles. The molecule has 2 heterocycles. The molecule has 1 N–H and O–H groups in total. The smallest absolute Gasteiger partial charge is 0.181 e. The lowest BCUT2D eigenvalue weighted by atomic mass is 9.98. The summed E-state index contributed by atoms with van der Waals surface area (Å²) in [6, 6.07) is 4.49. The van der Waals surface area contributed by atoms with Gasteiger partial charge >= 0.3 is 0 Å². The zero-order valence-corrected chi connectivity index (χ0v) is 11.5. The van der Waals surface area contributed by atoms with Gasteiger partial charge in [-0.2, -0.15) is 0 Å². The van der Waals surface area contributed by atoms with Crippen LogP contribution in [0.15, 0.2) is 18.3 Å². The lowest BCUT2D eigenvalue weighted by Gasteiger charge is -2.26. The third-order valence-corrected chi connectivity index (χ3v) is 3.90. The minimum Gasteiger partial charge on any atom is -0.342 e. The van der Waals surface area contributed by atoms with E-state index >= 15 is 0 Å². The van der Waals surface area contributed by atoms with E-state index in [4.69, 9.17) is 0 Å². The minimum atomic E-state index is 0.144. The van der Waals surface area contributed by atoms with Crippen molar-refractivity contribution in [3.05, 3.63) is 24.0 Å². The van der Waals surface area contributed by atoms with Crippen LogP contribution in [0.1, 0.15) is 56.1 Å². The van der Waals surface area contributed by atoms with Crippen LogP contribution < -0.4 is 5.32 Å². The molecule has 1 atom stereocenters. The Labute approximate surface area is 110 Å². The van der Waals surface area contributed by atoms with Gasteiger partial charge in [0.1, 0.15) is 0 Å². The fraction of sp³-hybridized carbons (Fsp3) is 0.667. The van der Waals surface area contributed by atoms with Crippen LogP contribution in [-0.2, 0) is 0 Å². The highest BCUT2D eigenvalue weighted by molar-refractivity contribution is 5.96. The van der Waals surface area contributed by atoms with Gasteiger partial charge in [-0.05, 0) is 44.5 Å². The molecule has 100 valence electrons. The third kappa shape index (κ3) is 2.83. The second-order valence-corrected chi connectivity index (χ2v) is 5.34. The Bertz CT molecular complexity index is 391. The van der Waals surface area contributed by atoms with Crippen molar-refractivity contribution in [2.45, 2.75) is 45.6 Å². The molecule has 0 amide bonds. The lowest BCUT2D eigenvalue weighted by molar-refractivity contribution is 0.0910. The van der Waals surface area contributed by atoms with Gasteiger partial charge in [-0.25, -0.2) is 0 Å². The van der Waals surface area contributed by atoms with Crippen LogP contribution in [0.25, 0.3) is 0 Å². The predicted molar refractivity (Wildman–Crippen MR) is 74.0 cm³/mol. The van der Waals surface area contributed by atoms with E-state index in [-0.39, 0.29) is 5.92 Å². The molecule has 0 aliphatic carbocycles. The number of ketones is 1. The molecule has 0 radical (unpaired) electrons. The molecule has 2 rings (SSSR count). The topological polar surface area (TPSA) is 34.0 Å². The summed E-state index contributed by atoms with van der Waals surface area (Å²) >= 11 is 0. The highest BCUT2D eigenvalue weighted by Crippen LogP contribution is 2.23. The molecule has 0 saturated carbocycles. The van der Waals surface area contributed by atoms with Gasteiger partial charge in [0.2, 0.25) is 0 Å². The molecular weight excluding hydrogens is 224 g/mol. The van der Waals surface area contributed by atoms with E-state index in [9.17, 15) is 4.79 Å². The average Bonchev–Trinajstić information content (AvgIpc) is 2.88. The molecule has 1 saturated heterocycles. The number of rotatable bonds is 5. The van der Waals surface area contributed by atoms with Gasteiger partial charge in [-0.1, -0.05) is 20.3 Å². The van der Waals surface area contributed by atoms with Gasteiger partial charge in [0.05, 0.1) is 5.69 Å². The van der Waals surface area contributed by atoms with Crippen LogP contribution in [0.2, 0.25) is 0 Å². The van der Waals surface area contributed by atoms with Crippen LogP contribution >= 0.6 is 0 Å². The maximum absolute atomic E-state index is 12.4. The summed E-state index contributed by atoms with van der Waals surface area (Å²) in [4.78, 5) is 12.4. The molecular formula is C15H24N2O. The molecule has 3 heteroatoms. The highest BCUT2D eigenvalue weighted by Gasteiger charge is 2.22. The zero-order chi connectivity index (χ0) is 13.0. The number of aromatic nitrogens is 1. The molecule has 18 heavy (non-hydrogen) atoms. The summed E-state index contributed by atoms with van der Waals surface area (Å²) in [5, 5.41) is 3.37. The number of Topliss-reactive ketones (excluding diaryl/α,β-unsaturated/α-hetero) is 1. The van der Waals surface area contributed by atoms with E-state index in [1.54, 1.807) is 0 Å². The van der Waals surface area contributed by atoms with E-state index in [1.807, 2.05) is 19.1 Å². The molecule has 0 aromatic carbocycles. The van der Waals surface area contributed by atoms with Crippen LogP contribution in [0, 0.1) is 5.92 Å². The number of carbonyl (C=O) groups is 1. The SMILES string of the molecule is CCCC(C)C(=O)c1cccn1C1CCNCC1. The second-order valence-electron chi connectivity index (χ2n) is 5.34. The Morgan fingerprint density at radius 3 is 2.89 bits per heavy atom. The Morgan fingerprint density at radius 1 is 1.50 bits per heavy atom. The van der Waals surface area contributed by atoms with Gasteiger partial charge in [-0.3, -0.25) is 4.79 Å². The van der Waals surface area contributed by atoms with Crippen molar-refractivity contribution < 1.29 is 4.79 Å². The number of hydrogen-bond acceptors (Lipinski definition) is 2. The number of hydrogen-bond donors (Lipinski definition) is 1. The first kappa shape index (κ1) is 13.3. The van der Waals surface area contributed by atoms with Gasteiger partial charge in [-0.15, -0.1) is 0 Å². The quantitative estimate of drug-likeness (QED) is 0.813. The molecule has 1 aliphatic rings. The van der Waals surface area contributed by atoms with E-state index < -0.39 is 0 Å². The van der Waals surface area contributed by atoms with E-state index in [2.05, 4.69) is 23.0 Å². The molecule has 0 bridgehead atoms. The Kier molecular flexibility index (Phi) is 4.59. The number of piperidine rings is 1. The highest BCUT2D eigenvalue weighted by atomic mass is 16.1. The van der Waals surface area contributed by atoms with Crippen LogP contribution in [-0.4, -0.2) is 23.4 Å². The Morgan fingerprint density at radius 2 is 2.22 bits per heavy atom. The van der Waals surface area contributed by atoms with Crippen molar-refractivity contribution in [2.24, 2.45) is 5.92 Å². The maximum atomic E-state index is 12.4. The van der Waals surface area contributed by atoms with Crippen molar-refractivity contribution in [2.75, 3.05) is 13.1 Å². The number of nitrogens with zero attached hydrogens (tertiary/aromatic N) is 1. The van der Waals surface area contributed by atoms with Gasteiger partial charge in [0.15, 0.2) is 5.78 Å².